The number of para-hydroxylation sites is 1. The molecule has 3 heterocycles. The van der Waals surface area contributed by atoms with E-state index in [9.17, 15) is 0 Å². The van der Waals surface area contributed by atoms with Gasteiger partial charge in [0.25, 0.3) is 0 Å². The van der Waals surface area contributed by atoms with Crippen molar-refractivity contribution >= 4 is 43.6 Å². The largest absolute Gasteiger partial charge is 0.307 e. The van der Waals surface area contributed by atoms with E-state index in [4.69, 9.17) is 15.0 Å². The van der Waals surface area contributed by atoms with Crippen molar-refractivity contribution in [3.63, 3.8) is 0 Å². The summed E-state index contributed by atoms with van der Waals surface area (Å²) in [5.74, 6) is 1.80. The molecule has 0 saturated carbocycles. The summed E-state index contributed by atoms with van der Waals surface area (Å²) in [6, 6.07) is 76.0. The minimum atomic E-state index is -0.216. The van der Waals surface area contributed by atoms with Crippen LogP contribution in [0.15, 0.2) is 212 Å². The van der Waals surface area contributed by atoms with Gasteiger partial charge in [0.1, 0.15) is 0 Å². The van der Waals surface area contributed by atoms with E-state index in [2.05, 4.69) is 211 Å². The van der Waals surface area contributed by atoms with Gasteiger partial charge in [-0.25, -0.2) is 4.98 Å². The summed E-state index contributed by atoms with van der Waals surface area (Å²) in [5, 5.41) is 4.64. The minimum absolute atomic E-state index is 0.216. The van der Waals surface area contributed by atoms with Crippen LogP contribution in [0.2, 0.25) is 0 Å². The summed E-state index contributed by atoms with van der Waals surface area (Å²) in [6.45, 7) is 4.69. The summed E-state index contributed by atoms with van der Waals surface area (Å²) in [6.07, 6.45) is 0. The van der Waals surface area contributed by atoms with Gasteiger partial charge in [-0.15, -0.1) is 0 Å². The topological polar surface area (TPSA) is 48.5 Å². The van der Waals surface area contributed by atoms with E-state index in [1.54, 1.807) is 0 Å². The predicted octanol–water partition coefficient (Wildman–Crippen LogP) is 15.0. The first-order valence-corrected chi connectivity index (χ1v) is 22.3. The van der Waals surface area contributed by atoms with Gasteiger partial charge in [0.05, 0.1) is 22.1 Å². The van der Waals surface area contributed by atoms with Crippen LogP contribution in [-0.2, 0) is 5.41 Å². The Morgan fingerprint density at radius 2 is 0.831 bits per heavy atom. The highest BCUT2D eigenvalue weighted by molar-refractivity contribution is 6.24. The first-order chi connectivity index (χ1) is 32.0. The van der Waals surface area contributed by atoms with E-state index in [0.29, 0.717) is 17.6 Å². The number of hydrogen-bond donors (Lipinski definition) is 0. The molecule has 0 amide bonds. The van der Waals surface area contributed by atoms with Crippen LogP contribution in [-0.4, -0.2) is 24.1 Å². The summed E-state index contributed by atoms with van der Waals surface area (Å²) in [7, 11) is 0. The van der Waals surface area contributed by atoms with Crippen LogP contribution >= 0.6 is 0 Å². The Labute approximate surface area is 376 Å². The average molecular weight is 832 g/mol. The molecule has 0 aliphatic heterocycles. The number of fused-ring (bicyclic) bond motifs is 10. The Hall–Kier alpha value is -8.41. The predicted molar refractivity (Wildman–Crippen MR) is 268 cm³/mol. The van der Waals surface area contributed by atoms with E-state index < -0.39 is 0 Å². The van der Waals surface area contributed by atoms with E-state index in [0.717, 1.165) is 66.2 Å². The smallest absolute Gasteiger partial charge is 0.238 e. The Kier molecular flexibility index (Phi) is 8.18. The zero-order valence-electron chi connectivity index (χ0n) is 35.9. The second-order valence-electron chi connectivity index (χ2n) is 17.6. The molecular weight excluding hydrogens is 791 g/mol. The second kappa shape index (κ2) is 14.3. The molecule has 0 N–H and O–H groups in total. The molecule has 13 rings (SSSR count). The zero-order chi connectivity index (χ0) is 43.2. The van der Waals surface area contributed by atoms with Gasteiger partial charge in [0.15, 0.2) is 11.6 Å². The molecule has 5 heteroatoms. The van der Waals surface area contributed by atoms with Crippen LogP contribution in [0.4, 0.5) is 0 Å². The molecule has 1 aliphatic rings. The first-order valence-electron chi connectivity index (χ1n) is 22.3. The maximum atomic E-state index is 5.48. The molecule has 0 saturated heterocycles. The number of benzene rings is 9. The highest BCUT2D eigenvalue weighted by atomic mass is 15.2. The molecule has 0 bridgehead atoms. The zero-order valence-corrected chi connectivity index (χ0v) is 35.9. The number of aromatic nitrogens is 5. The van der Waals surface area contributed by atoms with Gasteiger partial charge in [-0.1, -0.05) is 196 Å². The summed E-state index contributed by atoms with van der Waals surface area (Å²) in [4.78, 5) is 16.1. The third-order valence-electron chi connectivity index (χ3n) is 13.6. The molecule has 0 unspecified atom stereocenters. The second-order valence-corrected chi connectivity index (χ2v) is 17.6. The first kappa shape index (κ1) is 37.2. The summed E-state index contributed by atoms with van der Waals surface area (Å²) in [5.41, 5.74) is 16.9. The van der Waals surface area contributed by atoms with Gasteiger partial charge in [-0.2, -0.15) is 9.97 Å². The lowest BCUT2D eigenvalue weighted by Gasteiger charge is -2.21. The van der Waals surface area contributed by atoms with Crippen molar-refractivity contribution in [3.05, 3.63) is 223 Å². The maximum absolute atomic E-state index is 5.48. The van der Waals surface area contributed by atoms with Crippen molar-refractivity contribution in [2.24, 2.45) is 0 Å². The van der Waals surface area contributed by atoms with Crippen molar-refractivity contribution in [1.82, 2.24) is 24.1 Å². The molecule has 12 aromatic rings. The molecule has 1 aliphatic carbocycles. The third kappa shape index (κ3) is 5.75. The molecule has 0 spiro atoms. The lowest BCUT2D eigenvalue weighted by atomic mass is 9.82. The van der Waals surface area contributed by atoms with Crippen LogP contribution < -0.4 is 0 Å². The summed E-state index contributed by atoms with van der Waals surface area (Å²) >= 11 is 0. The number of nitrogens with zero attached hydrogens (tertiary/aromatic N) is 5. The van der Waals surface area contributed by atoms with Crippen LogP contribution in [0.1, 0.15) is 25.0 Å². The van der Waals surface area contributed by atoms with Crippen LogP contribution in [0, 0.1) is 0 Å². The standard InChI is InChI=1S/C60H41N5/c1-60(2)51-24-14-12-22-45(51)49-36-50-48-35-34-47-46-23-13-15-25-53(46)64(44-32-30-41(31-33-44)39-18-8-4-9-19-39)55(47)56(48)65(54(50)37-52(49)60)59-62-57(42-20-10-5-11-21-42)61-58(63-59)43-28-26-40(27-29-43)38-16-6-3-7-17-38/h3-37H,1-2H3. The van der Waals surface area contributed by atoms with Gasteiger partial charge >= 0.3 is 0 Å². The SMILES string of the molecule is CC1(C)c2ccccc2-c2cc3c4ccc5c6ccccc6n(-c6ccc(-c7ccccc7)cc6)c5c4n(-c4nc(-c5ccccc5)nc(-c5ccc(-c6ccccc6)cc5)n4)c3cc21. The average Bonchev–Trinajstić information content (AvgIpc) is 3.97. The normalized spacial score (nSPS) is 12.9. The Morgan fingerprint density at radius 1 is 0.338 bits per heavy atom. The van der Waals surface area contributed by atoms with E-state index in [1.807, 2.05) is 24.3 Å². The third-order valence-corrected chi connectivity index (χ3v) is 13.6. The van der Waals surface area contributed by atoms with Crippen molar-refractivity contribution < 1.29 is 0 Å². The van der Waals surface area contributed by atoms with Crippen molar-refractivity contribution in [2.75, 3.05) is 0 Å². The maximum Gasteiger partial charge on any atom is 0.238 e. The van der Waals surface area contributed by atoms with Gasteiger partial charge in [0, 0.05) is 43.8 Å². The lowest BCUT2D eigenvalue weighted by Crippen LogP contribution is -2.15. The highest BCUT2D eigenvalue weighted by Gasteiger charge is 2.36. The summed E-state index contributed by atoms with van der Waals surface area (Å²) < 4.78 is 4.77. The van der Waals surface area contributed by atoms with E-state index in [1.165, 1.54) is 38.8 Å². The fraction of sp³-hybridized carbons (Fsp3) is 0.0500. The number of hydrogen-bond acceptors (Lipinski definition) is 3. The number of rotatable bonds is 6. The fourth-order valence-corrected chi connectivity index (χ4v) is 10.4. The quantitative estimate of drug-likeness (QED) is 0.168. The van der Waals surface area contributed by atoms with Crippen LogP contribution in [0.25, 0.3) is 111 Å². The molecule has 3 aromatic heterocycles. The highest BCUT2D eigenvalue weighted by Crippen LogP contribution is 2.52. The fourth-order valence-electron chi connectivity index (χ4n) is 10.4. The van der Waals surface area contributed by atoms with Crippen molar-refractivity contribution in [2.45, 2.75) is 19.3 Å². The lowest BCUT2D eigenvalue weighted by molar-refractivity contribution is 0.661. The van der Waals surface area contributed by atoms with E-state index >= 15 is 0 Å². The molecule has 0 atom stereocenters. The Bertz CT molecular complexity index is 3810. The Balaban J connectivity index is 1.14. The van der Waals surface area contributed by atoms with Crippen molar-refractivity contribution in [3.8, 4) is 67.8 Å². The van der Waals surface area contributed by atoms with Crippen LogP contribution in [0.5, 0.6) is 0 Å². The van der Waals surface area contributed by atoms with Crippen LogP contribution in [0.3, 0.4) is 0 Å². The molecular formula is C60H41N5. The van der Waals surface area contributed by atoms with Gasteiger partial charge in [0.2, 0.25) is 5.95 Å². The molecule has 306 valence electrons. The molecule has 9 aromatic carbocycles. The Morgan fingerprint density at radius 3 is 1.49 bits per heavy atom. The molecule has 65 heavy (non-hydrogen) atoms. The van der Waals surface area contributed by atoms with E-state index in [-0.39, 0.29) is 5.41 Å². The monoisotopic (exact) mass is 831 g/mol. The molecule has 5 nitrogen and oxygen atoms in total. The molecule has 0 radical (unpaired) electrons. The minimum Gasteiger partial charge on any atom is -0.307 e. The van der Waals surface area contributed by atoms with Gasteiger partial charge in [-0.05, 0) is 74.8 Å². The molecule has 0 fully saturated rings. The van der Waals surface area contributed by atoms with Crippen molar-refractivity contribution in [1.29, 1.82) is 0 Å². The van der Waals surface area contributed by atoms with Gasteiger partial charge in [-0.3, -0.25) is 4.57 Å². The van der Waals surface area contributed by atoms with Gasteiger partial charge < -0.3 is 4.57 Å².